The van der Waals surface area contributed by atoms with Crippen LogP contribution in [0.15, 0.2) is 47.5 Å². The van der Waals surface area contributed by atoms with Crippen LogP contribution in [0.25, 0.3) is 16.9 Å². The zero-order valence-corrected chi connectivity index (χ0v) is 11.1. The minimum absolute atomic E-state index is 0.886. The highest BCUT2D eigenvalue weighted by molar-refractivity contribution is 7.98. The summed E-state index contributed by atoms with van der Waals surface area (Å²) >= 11 is 1.74. The molecule has 0 fully saturated rings. The van der Waals surface area contributed by atoms with Gasteiger partial charge in [0, 0.05) is 10.5 Å². The van der Waals surface area contributed by atoms with E-state index >= 15 is 0 Å². The third-order valence-electron chi connectivity index (χ3n) is 2.83. The number of fused-ring (bicyclic) bond motifs is 1. The topological polar surface area (TPSA) is 30.2 Å². The van der Waals surface area contributed by atoms with Crippen LogP contribution in [0.5, 0.6) is 0 Å². The summed E-state index contributed by atoms with van der Waals surface area (Å²) in [7, 11) is 0. The summed E-state index contributed by atoms with van der Waals surface area (Å²) < 4.78 is 1.83. The third-order valence-corrected chi connectivity index (χ3v) is 3.57. The number of aryl methyl sites for hydroxylation is 1. The third kappa shape index (κ3) is 1.99. The predicted molar refractivity (Wildman–Crippen MR) is 74.9 cm³/mol. The molecule has 0 spiro atoms. The highest BCUT2D eigenvalue weighted by Gasteiger charge is 2.03. The van der Waals surface area contributed by atoms with Crippen LogP contribution in [0, 0.1) is 6.92 Å². The molecule has 0 bridgehead atoms. The fourth-order valence-corrected chi connectivity index (χ4v) is 2.32. The maximum atomic E-state index is 4.57. The van der Waals surface area contributed by atoms with Crippen LogP contribution in [0.3, 0.4) is 0 Å². The van der Waals surface area contributed by atoms with Crippen LogP contribution < -0.4 is 0 Å². The Morgan fingerprint density at radius 2 is 1.83 bits per heavy atom. The molecular formula is C14H13N3S. The molecule has 2 heterocycles. The summed E-state index contributed by atoms with van der Waals surface area (Å²) in [6.07, 6.45) is 4.02. The number of nitrogens with zero attached hydrogens (tertiary/aromatic N) is 3. The highest BCUT2D eigenvalue weighted by Crippen LogP contribution is 2.21. The SMILES string of the molecule is CSc1ccc(-c2ccc3nc(C)cn3n2)cc1. The van der Waals surface area contributed by atoms with Crippen molar-refractivity contribution in [3.05, 3.63) is 48.3 Å². The summed E-state index contributed by atoms with van der Waals surface area (Å²) in [5.41, 5.74) is 3.96. The van der Waals surface area contributed by atoms with E-state index in [2.05, 4.69) is 40.6 Å². The molecule has 0 aliphatic rings. The van der Waals surface area contributed by atoms with E-state index in [9.17, 15) is 0 Å². The second kappa shape index (κ2) is 4.46. The van der Waals surface area contributed by atoms with E-state index in [1.54, 1.807) is 11.8 Å². The van der Waals surface area contributed by atoms with Gasteiger partial charge in [0.15, 0.2) is 5.65 Å². The number of hydrogen-bond acceptors (Lipinski definition) is 3. The van der Waals surface area contributed by atoms with Crippen molar-refractivity contribution in [2.24, 2.45) is 0 Å². The van der Waals surface area contributed by atoms with Crippen LogP contribution in [-0.2, 0) is 0 Å². The van der Waals surface area contributed by atoms with Crippen molar-refractivity contribution in [1.29, 1.82) is 0 Å². The Morgan fingerprint density at radius 1 is 1.06 bits per heavy atom. The lowest BCUT2D eigenvalue weighted by Crippen LogP contribution is -1.92. The summed E-state index contributed by atoms with van der Waals surface area (Å²) in [5.74, 6) is 0. The summed E-state index contributed by atoms with van der Waals surface area (Å²) in [5, 5.41) is 4.57. The van der Waals surface area contributed by atoms with Crippen LogP contribution in [0.2, 0.25) is 0 Å². The van der Waals surface area contributed by atoms with Crippen LogP contribution in [0.1, 0.15) is 5.69 Å². The molecule has 0 saturated heterocycles. The lowest BCUT2D eigenvalue weighted by Gasteiger charge is -2.02. The largest absolute Gasteiger partial charge is 0.232 e. The monoisotopic (exact) mass is 255 g/mol. The summed E-state index contributed by atoms with van der Waals surface area (Å²) in [6, 6.07) is 12.4. The Kier molecular flexibility index (Phi) is 2.80. The van der Waals surface area contributed by atoms with Crippen LogP contribution in [0.4, 0.5) is 0 Å². The Morgan fingerprint density at radius 3 is 2.56 bits per heavy atom. The van der Waals surface area contributed by atoms with Crippen molar-refractivity contribution in [2.45, 2.75) is 11.8 Å². The van der Waals surface area contributed by atoms with Gasteiger partial charge in [-0.3, -0.25) is 0 Å². The molecule has 3 aromatic rings. The van der Waals surface area contributed by atoms with E-state index in [0.29, 0.717) is 0 Å². The van der Waals surface area contributed by atoms with Gasteiger partial charge in [0.2, 0.25) is 0 Å². The van der Waals surface area contributed by atoms with Gasteiger partial charge in [-0.25, -0.2) is 9.50 Å². The predicted octanol–water partition coefficient (Wildman–Crippen LogP) is 3.43. The number of aromatic nitrogens is 3. The van der Waals surface area contributed by atoms with Gasteiger partial charge in [-0.05, 0) is 37.4 Å². The molecule has 0 N–H and O–H groups in total. The van der Waals surface area contributed by atoms with E-state index in [1.807, 2.05) is 29.8 Å². The van der Waals surface area contributed by atoms with E-state index in [1.165, 1.54) is 4.90 Å². The Balaban J connectivity index is 2.06. The highest BCUT2D eigenvalue weighted by atomic mass is 32.2. The molecule has 0 saturated carbocycles. The molecule has 18 heavy (non-hydrogen) atoms. The van der Waals surface area contributed by atoms with Crippen molar-refractivity contribution in [2.75, 3.05) is 6.26 Å². The van der Waals surface area contributed by atoms with E-state index < -0.39 is 0 Å². The minimum Gasteiger partial charge on any atom is -0.232 e. The van der Waals surface area contributed by atoms with Gasteiger partial charge in [0.05, 0.1) is 17.6 Å². The van der Waals surface area contributed by atoms with Gasteiger partial charge in [-0.15, -0.1) is 11.8 Å². The van der Waals surface area contributed by atoms with Crippen LogP contribution in [-0.4, -0.2) is 20.9 Å². The molecule has 0 atom stereocenters. The first-order chi connectivity index (χ1) is 8.76. The molecule has 90 valence electrons. The lowest BCUT2D eigenvalue weighted by molar-refractivity contribution is 0.941. The molecule has 0 amide bonds. The second-order valence-corrected chi connectivity index (χ2v) is 5.01. The Bertz CT molecular complexity index is 686. The van der Waals surface area contributed by atoms with Gasteiger partial charge in [-0.1, -0.05) is 12.1 Å². The minimum atomic E-state index is 0.886. The number of rotatable bonds is 2. The second-order valence-electron chi connectivity index (χ2n) is 4.13. The van der Waals surface area contributed by atoms with Crippen molar-refractivity contribution < 1.29 is 0 Å². The zero-order valence-electron chi connectivity index (χ0n) is 10.3. The van der Waals surface area contributed by atoms with Gasteiger partial charge >= 0.3 is 0 Å². The molecule has 0 aliphatic carbocycles. The van der Waals surface area contributed by atoms with Gasteiger partial charge in [0.1, 0.15) is 0 Å². The van der Waals surface area contributed by atoms with Crippen molar-refractivity contribution in [3.8, 4) is 11.3 Å². The van der Waals surface area contributed by atoms with Crippen molar-refractivity contribution >= 4 is 17.4 Å². The zero-order chi connectivity index (χ0) is 12.5. The molecule has 2 aromatic heterocycles. The maximum Gasteiger partial charge on any atom is 0.153 e. The van der Waals surface area contributed by atoms with Crippen LogP contribution >= 0.6 is 11.8 Å². The van der Waals surface area contributed by atoms with E-state index in [0.717, 1.165) is 22.6 Å². The summed E-state index contributed by atoms with van der Waals surface area (Å²) in [6.45, 7) is 1.97. The lowest BCUT2D eigenvalue weighted by atomic mass is 10.1. The van der Waals surface area contributed by atoms with E-state index in [-0.39, 0.29) is 0 Å². The summed E-state index contributed by atoms with van der Waals surface area (Å²) in [4.78, 5) is 5.63. The van der Waals surface area contributed by atoms with Crippen molar-refractivity contribution in [1.82, 2.24) is 14.6 Å². The normalized spacial score (nSPS) is 11.0. The molecule has 0 aliphatic heterocycles. The number of thioether (sulfide) groups is 1. The van der Waals surface area contributed by atoms with Gasteiger partial charge < -0.3 is 0 Å². The molecule has 1 aromatic carbocycles. The smallest absolute Gasteiger partial charge is 0.153 e. The average molecular weight is 255 g/mol. The molecule has 0 unspecified atom stereocenters. The first kappa shape index (κ1) is 11.3. The van der Waals surface area contributed by atoms with Gasteiger partial charge in [-0.2, -0.15) is 5.10 Å². The maximum absolute atomic E-state index is 4.57. The molecule has 3 rings (SSSR count). The van der Waals surface area contributed by atoms with Gasteiger partial charge in [0.25, 0.3) is 0 Å². The fraction of sp³-hybridized carbons (Fsp3) is 0.143. The quantitative estimate of drug-likeness (QED) is 0.657. The van der Waals surface area contributed by atoms with E-state index in [4.69, 9.17) is 0 Å². The average Bonchev–Trinajstić information content (AvgIpc) is 2.78. The number of hydrogen-bond donors (Lipinski definition) is 0. The fourth-order valence-electron chi connectivity index (χ4n) is 1.92. The van der Waals surface area contributed by atoms with Crippen molar-refractivity contribution in [3.63, 3.8) is 0 Å². The molecule has 4 heteroatoms. The first-order valence-electron chi connectivity index (χ1n) is 5.74. The molecule has 0 radical (unpaired) electrons. The molecule has 3 nitrogen and oxygen atoms in total. The first-order valence-corrected chi connectivity index (χ1v) is 6.96. The Hall–Kier alpha value is -1.81. The standard InChI is InChI=1S/C14H13N3S/c1-10-9-17-14(15-10)8-7-13(16-17)11-3-5-12(18-2)6-4-11/h3-9H,1-2H3. The number of imidazole rings is 1. The Labute approximate surface area is 110 Å². The number of benzene rings is 1. The molecular weight excluding hydrogens is 242 g/mol.